The molecule has 0 aromatic carbocycles. The van der Waals surface area contributed by atoms with Crippen molar-refractivity contribution in [3.63, 3.8) is 0 Å². The molecule has 2 aliphatic carbocycles. The number of carboxylic acid groups (broad SMARTS) is 1. The van der Waals surface area contributed by atoms with Gasteiger partial charge in [-0.1, -0.05) is 26.0 Å². The maximum Gasteiger partial charge on any atom is 0.332 e. The number of ether oxygens (including phenoxy) is 2. The van der Waals surface area contributed by atoms with Crippen LogP contribution < -0.4 is 0 Å². The van der Waals surface area contributed by atoms with E-state index in [-0.39, 0.29) is 37.4 Å². The van der Waals surface area contributed by atoms with Gasteiger partial charge in [0.05, 0.1) is 19.3 Å². The molecular formula is C19H26O7. The molecule has 144 valence electrons. The second-order valence-electron chi connectivity index (χ2n) is 7.74. The van der Waals surface area contributed by atoms with Crippen LogP contribution in [0.15, 0.2) is 23.8 Å². The monoisotopic (exact) mass is 366 g/mol. The van der Waals surface area contributed by atoms with Crippen molar-refractivity contribution in [3.8, 4) is 0 Å². The Labute approximate surface area is 152 Å². The highest BCUT2D eigenvalue weighted by Gasteiger charge is 2.74. The number of fused-ring (bicyclic) bond motifs is 3. The van der Waals surface area contributed by atoms with E-state index in [9.17, 15) is 19.8 Å². The second kappa shape index (κ2) is 6.56. The lowest BCUT2D eigenvalue weighted by Crippen LogP contribution is -2.50. The van der Waals surface area contributed by atoms with Gasteiger partial charge in [0.15, 0.2) is 17.5 Å². The highest BCUT2D eigenvalue weighted by atomic mass is 16.6. The molecule has 26 heavy (non-hydrogen) atoms. The number of carboxylic acids is 1. The van der Waals surface area contributed by atoms with Gasteiger partial charge in [0.25, 0.3) is 0 Å². The molecule has 0 amide bonds. The van der Waals surface area contributed by atoms with Crippen LogP contribution in [-0.4, -0.2) is 64.2 Å². The molecule has 0 bridgehead atoms. The van der Waals surface area contributed by atoms with Gasteiger partial charge < -0.3 is 24.8 Å². The van der Waals surface area contributed by atoms with E-state index in [0.717, 1.165) is 5.57 Å². The largest absolute Gasteiger partial charge is 0.479 e. The number of ketones is 1. The molecule has 1 heterocycles. The first-order valence-electron chi connectivity index (χ1n) is 8.94. The fourth-order valence-corrected chi connectivity index (χ4v) is 4.36. The first-order chi connectivity index (χ1) is 12.2. The van der Waals surface area contributed by atoms with Crippen molar-refractivity contribution in [2.45, 2.75) is 57.0 Å². The van der Waals surface area contributed by atoms with Crippen molar-refractivity contribution in [1.82, 2.24) is 0 Å². The van der Waals surface area contributed by atoms with Crippen LogP contribution in [0.1, 0.15) is 33.1 Å². The van der Waals surface area contributed by atoms with Gasteiger partial charge in [-0.15, -0.1) is 0 Å². The summed E-state index contributed by atoms with van der Waals surface area (Å²) in [5, 5.41) is 28.2. The molecule has 3 N–H and O–H groups in total. The quantitative estimate of drug-likeness (QED) is 0.347. The zero-order chi connectivity index (χ0) is 19.3. The smallest absolute Gasteiger partial charge is 0.332 e. The fraction of sp³-hybridized carbons (Fsp3) is 0.684. The summed E-state index contributed by atoms with van der Waals surface area (Å²) in [6.07, 6.45) is 0.647. The topological polar surface area (TPSA) is 117 Å². The summed E-state index contributed by atoms with van der Waals surface area (Å²) < 4.78 is 11.3. The summed E-state index contributed by atoms with van der Waals surface area (Å²) in [6, 6.07) is 0. The SMILES string of the molecule is C=C(COCCC(O)C(=O)O)[C@@]12OC1[C@@]1(C)C(=CC2=O)CC[C@@H](O)[C@@H]1C. The minimum atomic E-state index is -1.48. The maximum atomic E-state index is 12.7. The normalized spacial score (nSPS) is 39.5. The fourth-order valence-electron chi connectivity index (χ4n) is 4.36. The summed E-state index contributed by atoms with van der Waals surface area (Å²) in [5.41, 5.74) is -0.0268. The van der Waals surface area contributed by atoms with Crippen molar-refractivity contribution in [2.24, 2.45) is 11.3 Å². The number of rotatable bonds is 7. The number of carbonyl (C=O) groups excluding carboxylic acids is 1. The Kier molecular flexibility index (Phi) is 4.85. The molecule has 3 aliphatic rings. The van der Waals surface area contributed by atoms with Gasteiger partial charge in [-0.3, -0.25) is 4.79 Å². The Balaban J connectivity index is 1.68. The third-order valence-electron chi connectivity index (χ3n) is 6.38. The van der Waals surface area contributed by atoms with E-state index < -0.39 is 29.2 Å². The Hall–Kier alpha value is -1.54. The molecule has 1 saturated carbocycles. The maximum absolute atomic E-state index is 12.7. The van der Waals surface area contributed by atoms with Crippen molar-refractivity contribution in [2.75, 3.05) is 13.2 Å². The molecule has 7 heteroatoms. The average Bonchev–Trinajstić information content (AvgIpc) is 3.36. The molecule has 0 aromatic heterocycles. The molecule has 3 rings (SSSR count). The summed E-state index contributed by atoms with van der Waals surface area (Å²) in [6.45, 7) is 8.06. The van der Waals surface area contributed by atoms with Crippen LogP contribution in [0.2, 0.25) is 0 Å². The Morgan fingerprint density at radius 3 is 2.88 bits per heavy atom. The number of hydrogen-bond acceptors (Lipinski definition) is 6. The van der Waals surface area contributed by atoms with Gasteiger partial charge in [0, 0.05) is 11.8 Å². The molecule has 2 fully saturated rings. The molecule has 6 atom stereocenters. The highest BCUT2D eigenvalue weighted by molar-refractivity contribution is 6.04. The van der Waals surface area contributed by atoms with Gasteiger partial charge >= 0.3 is 5.97 Å². The van der Waals surface area contributed by atoms with E-state index in [0.29, 0.717) is 18.4 Å². The second-order valence-corrected chi connectivity index (χ2v) is 7.74. The van der Waals surface area contributed by atoms with Gasteiger partial charge in [0.1, 0.15) is 6.10 Å². The van der Waals surface area contributed by atoms with E-state index in [4.69, 9.17) is 14.6 Å². The van der Waals surface area contributed by atoms with E-state index >= 15 is 0 Å². The van der Waals surface area contributed by atoms with Crippen LogP contribution in [0.25, 0.3) is 0 Å². The Morgan fingerprint density at radius 1 is 1.54 bits per heavy atom. The number of carbonyl (C=O) groups is 2. The van der Waals surface area contributed by atoms with Gasteiger partial charge in [-0.2, -0.15) is 0 Å². The number of aliphatic hydroxyl groups excluding tert-OH is 2. The third kappa shape index (κ3) is 2.74. The van der Waals surface area contributed by atoms with Crippen LogP contribution in [0.5, 0.6) is 0 Å². The predicted octanol–water partition coefficient (Wildman–Crippen LogP) is 0.839. The first-order valence-corrected chi connectivity index (χ1v) is 8.94. The van der Waals surface area contributed by atoms with Crippen molar-refractivity contribution >= 4 is 11.8 Å². The molecular weight excluding hydrogens is 340 g/mol. The molecule has 2 unspecified atom stereocenters. The third-order valence-corrected chi connectivity index (χ3v) is 6.38. The number of aliphatic hydroxyl groups is 2. The molecule has 7 nitrogen and oxygen atoms in total. The van der Waals surface area contributed by atoms with E-state index in [2.05, 4.69) is 6.58 Å². The van der Waals surface area contributed by atoms with Crippen LogP contribution in [0.4, 0.5) is 0 Å². The molecule has 0 spiro atoms. The van der Waals surface area contributed by atoms with Gasteiger partial charge in [-0.25, -0.2) is 4.79 Å². The lowest BCUT2D eigenvalue weighted by Gasteiger charge is -2.46. The van der Waals surface area contributed by atoms with Crippen molar-refractivity contribution in [3.05, 3.63) is 23.8 Å². The van der Waals surface area contributed by atoms with Crippen molar-refractivity contribution in [1.29, 1.82) is 0 Å². The summed E-state index contributed by atoms with van der Waals surface area (Å²) in [7, 11) is 0. The van der Waals surface area contributed by atoms with Crippen LogP contribution in [0.3, 0.4) is 0 Å². The van der Waals surface area contributed by atoms with Gasteiger partial charge in [-0.05, 0) is 30.4 Å². The minimum Gasteiger partial charge on any atom is -0.479 e. The van der Waals surface area contributed by atoms with E-state index in [1.54, 1.807) is 6.08 Å². The van der Waals surface area contributed by atoms with E-state index in [1.165, 1.54) is 0 Å². The lowest BCUT2D eigenvalue weighted by atomic mass is 9.57. The predicted molar refractivity (Wildman–Crippen MR) is 91.4 cm³/mol. The van der Waals surface area contributed by atoms with Gasteiger partial charge in [0.2, 0.25) is 0 Å². The minimum absolute atomic E-state index is 0.0366. The highest BCUT2D eigenvalue weighted by Crippen LogP contribution is 2.63. The zero-order valence-corrected chi connectivity index (χ0v) is 15.1. The van der Waals surface area contributed by atoms with E-state index in [1.807, 2.05) is 13.8 Å². The number of hydrogen-bond donors (Lipinski definition) is 3. The number of aliphatic carboxylic acids is 1. The zero-order valence-electron chi connectivity index (χ0n) is 15.1. The van der Waals surface area contributed by atoms with Crippen LogP contribution in [-0.2, 0) is 19.1 Å². The lowest BCUT2D eigenvalue weighted by molar-refractivity contribution is -0.147. The Bertz CT molecular complexity index is 669. The molecule has 1 aliphatic heterocycles. The summed E-state index contributed by atoms with van der Waals surface area (Å²) in [5.74, 6) is -1.48. The summed E-state index contributed by atoms with van der Waals surface area (Å²) >= 11 is 0. The number of epoxide rings is 1. The standard InChI is InChI=1S/C19H26O7/c1-10(9-25-7-6-14(21)16(23)24)19-15(22)8-12-4-5-13(20)11(2)18(12,3)17(19)26-19/h8,11,13-14,17,20-21H,1,4-7,9H2,2-3H3,(H,23,24)/t11-,13+,14?,17?,18+,19-/m0/s1. The molecule has 1 saturated heterocycles. The van der Waals surface area contributed by atoms with Crippen LogP contribution >= 0.6 is 0 Å². The Morgan fingerprint density at radius 2 is 2.23 bits per heavy atom. The molecule has 0 radical (unpaired) electrons. The van der Waals surface area contributed by atoms with Crippen LogP contribution in [0, 0.1) is 11.3 Å². The summed E-state index contributed by atoms with van der Waals surface area (Å²) in [4.78, 5) is 23.3. The molecule has 0 aromatic rings. The first kappa shape index (κ1) is 19.2. The average molecular weight is 366 g/mol. The van der Waals surface area contributed by atoms with Crippen molar-refractivity contribution < 1.29 is 34.4 Å².